The Morgan fingerprint density at radius 2 is 1.69 bits per heavy atom. The molecular weight excluding hydrogens is 645 g/mol. The Morgan fingerprint density at radius 1 is 1.03 bits per heavy atom. The lowest BCUT2D eigenvalue weighted by molar-refractivity contribution is -0.113. The lowest BCUT2D eigenvalue weighted by Crippen LogP contribution is -2.27. The van der Waals surface area contributed by atoms with Crippen LogP contribution in [0.25, 0.3) is 6.08 Å². The molecule has 0 saturated carbocycles. The Balaban J connectivity index is 1.55. The van der Waals surface area contributed by atoms with Gasteiger partial charge >= 0.3 is 0 Å². The first-order chi connectivity index (χ1) is 15.3. The van der Waals surface area contributed by atoms with Crippen LogP contribution in [0.3, 0.4) is 0 Å². The summed E-state index contributed by atoms with van der Waals surface area (Å²) >= 11 is 17.1. The monoisotopic (exact) mass is 655 g/mol. The second-order valence-electron chi connectivity index (χ2n) is 6.69. The van der Waals surface area contributed by atoms with Crippen LogP contribution in [0.2, 0.25) is 0 Å². The molecule has 3 aromatic carbocycles. The molecule has 0 radical (unpaired) electrons. The Hall–Kier alpha value is -1.52. The Kier molecular flexibility index (Phi) is 7.51. The van der Waals surface area contributed by atoms with Crippen molar-refractivity contribution in [2.45, 2.75) is 6.61 Å². The highest BCUT2D eigenvalue weighted by Gasteiger charge is 2.33. The number of anilines is 1. The second kappa shape index (κ2) is 10.2. The van der Waals surface area contributed by atoms with Gasteiger partial charge in [0.1, 0.15) is 18.2 Å². The van der Waals surface area contributed by atoms with Crippen LogP contribution in [0.5, 0.6) is 5.75 Å². The van der Waals surface area contributed by atoms with Crippen LogP contribution in [0.1, 0.15) is 11.1 Å². The summed E-state index contributed by atoms with van der Waals surface area (Å²) in [5, 5.41) is 0. The van der Waals surface area contributed by atoms with Gasteiger partial charge in [0.2, 0.25) is 0 Å². The fourth-order valence-electron chi connectivity index (χ4n) is 3.00. The van der Waals surface area contributed by atoms with Crippen molar-refractivity contribution in [3.8, 4) is 5.75 Å². The molecule has 162 valence electrons. The van der Waals surface area contributed by atoms with Gasteiger partial charge in [-0.2, -0.15) is 0 Å². The normalized spacial score (nSPS) is 15.0. The van der Waals surface area contributed by atoms with Crippen LogP contribution >= 0.6 is 71.8 Å². The second-order valence-corrected chi connectivity index (χ2v) is 11.0. The molecule has 0 aliphatic carbocycles. The number of ether oxygens (including phenoxy) is 1. The fourth-order valence-corrected chi connectivity index (χ4v) is 6.01. The number of thiocarbonyl (C=S) groups is 1. The van der Waals surface area contributed by atoms with Crippen LogP contribution in [0.15, 0.2) is 79.0 Å². The van der Waals surface area contributed by atoms with Crippen LogP contribution in [0, 0.1) is 5.82 Å². The van der Waals surface area contributed by atoms with Gasteiger partial charge in [0, 0.05) is 10.0 Å². The number of carbonyl (C=O) groups excluding carboxylic acids is 1. The summed E-state index contributed by atoms with van der Waals surface area (Å²) in [5.41, 5.74) is 1.98. The van der Waals surface area contributed by atoms with Gasteiger partial charge in [0.05, 0.1) is 19.5 Å². The Morgan fingerprint density at radius 3 is 2.34 bits per heavy atom. The molecule has 0 aromatic heterocycles. The molecule has 0 atom stereocenters. The Bertz CT molecular complexity index is 1230. The minimum Gasteiger partial charge on any atom is -0.486 e. The van der Waals surface area contributed by atoms with Gasteiger partial charge < -0.3 is 4.74 Å². The molecule has 0 spiro atoms. The zero-order valence-electron chi connectivity index (χ0n) is 16.2. The lowest BCUT2D eigenvalue weighted by Gasteiger charge is -2.14. The average Bonchev–Trinajstić information content (AvgIpc) is 3.02. The van der Waals surface area contributed by atoms with Gasteiger partial charge in [-0.3, -0.25) is 9.69 Å². The van der Waals surface area contributed by atoms with Gasteiger partial charge in [-0.15, -0.1) is 0 Å². The van der Waals surface area contributed by atoms with E-state index in [-0.39, 0.29) is 18.3 Å². The van der Waals surface area contributed by atoms with E-state index in [0.717, 1.165) is 15.7 Å². The lowest BCUT2D eigenvalue weighted by atomic mass is 10.2. The SMILES string of the molecule is O=C1/C(=C\c2cc(Br)c(OCc3ccccc3F)c(Br)c2)SC(=S)N1c1ccc(Br)cc1. The van der Waals surface area contributed by atoms with Crippen LogP contribution in [-0.4, -0.2) is 10.2 Å². The maximum absolute atomic E-state index is 13.9. The highest BCUT2D eigenvalue weighted by molar-refractivity contribution is 9.11. The largest absolute Gasteiger partial charge is 0.486 e. The van der Waals surface area contributed by atoms with Crippen molar-refractivity contribution in [2.24, 2.45) is 0 Å². The maximum Gasteiger partial charge on any atom is 0.270 e. The topological polar surface area (TPSA) is 29.5 Å². The van der Waals surface area contributed by atoms with Crippen molar-refractivity contribution in [1.29, 1.82) is 0 Å². The van der Waals surface area contributed by atoms with Crippen LogP contribution < -0.4 is 9.64 Å². The molecule has 1 amide bonds. The average molecular weight is 658 g/mol. The smallest absolute Gasteiger partial charge is 0.270 e. The van der Waals surface area contributed by atoms with Gasteiger partial charge in [-0.25, -0.2) is 4.39 Å². The van der Waals surface area contributed by atoms with Crippen molar-refractivity contribution in [3.63, 3.8) is 0 Å². The third kappa shape index (κ3) is 5.17. The summed E-state index contributed by atoms with van der Waals surface area (Å²) in [6.07, 6.45) is 1.79. The summed E-state index contributed by atoms with van der Waals surface area (Å²) in [4.78, 5) is 15.0. The number of halogens is 4. The molecule has 3 aromatic rings. The number of hydrogen-bond donors (Lipinski definition) is 0. The first-order valence-corrected chi connectivity index (χ1v) is 12.8. The quantitative estimate of drug-likeness (QED) is 0.205. The third-order valence-electron chi connectivity index (χ3n) is 4.53. The van der Waals surface area contributed by atoms with E-state index in [1.54, 1.807) is 24.3 Å². The molecule has 3 nitrogen and oxygen atoms in total. The molecule has 0 N–H and O–H groups in total. The predicted molar refractivity (Wildman–Crippen MR) is 142 cm³/mol. The van der Waals surface area contributed by atoms with E-state index in [2.05, 4.69) is 47.8 Å². The minimum atomic E-state index is -0.316. The summed E-state index contributed by atoms with van der Waals surface area (Å²) < 4.78 is 22.4. The van der Waals surface area contributed by atoms with E-state index in [0.29, 0.717) is 29.5 Å². The molecule has 1 fully saturated rings. The number of benzene rings is 3. The van der Waals surface area contributed by atoms with Crippen molar-refractivity contribution in [2.75, 3.05) is 4.90 Å². The summed E-state index contributed by atoms with van der Waals surface area (Å²) in [6, 6.07) is 17.6. The van der Waals surface area contributed by atoms with Crippen molar-refractivity contribution >= 4 is 93.8 Å². The number of thioether (sulfide) groups is 1. The molecule has 32 heavy (non-hydrogen) atoms. The highest BCUT2D eigenvalue weighted by Crippen LogP contribution is 2.39. The molecule has 9 heteroatoms. The summed E-state index contributed by atoms with van der Waals surface area (Å²) in [6.45, 7) is 0.0923. The van der Waals surface area contributed by atoms with Crippen molar-refractivity contribution < 1.29 is 13.9 Å². The van der Waals surface area contributed by atoms with Gasteiger partial charge in [-0.1, -0.05) is 58.1 Å². The Labute approximate surface area is 219 Å². The summed E-state index contributed by atoms with van der Waals surface area (Å²) in [7, 11) is 0. The minimum absolute atomic E-state index is 0.0923. The van der Waals surface area contributed by atoms with E-state index >= 15 is 0 Å². The standard InChI is InChI=1S/C23H13Br3FNO2S2/c24-15-5-7-16(8-6-15)28-22(29)20(32-23(28)31)11-13-9-17(25)21(18(26)10-13)30-12-14-3-1-2-4-19(14)27/h1-11H,12H2/b20-11+. The first kappa shape index (κ1) is 23.6. The van der Waals surface area contributed by atoms with E-state index in [1.807, 2.05) is 36.4 Å². The van der Waals surface area contributed by atoms with Gasteiger partial charge in [0.15, 0.2) is 4.32 Å². The predicted octanol–water partition coefficient (Wildman–Crippen LogP) is 8.10. The number of amides is 1. The molecule has 4 rings (SSSR count). The summed E-state index contributed by atoms with van der Waals surface area (Å²) in [5.74, 6) is 0.0615. The van der Waals surface area contributed by atoms with Crippen molar-refractivity contribution in [1.82, 2.24) is 0 Å². The first-order valence-electron chi connectivity index (χ1n) is 9.22. The maximum atomic E-state index is 13.9. The molecule has 1 aliphatic heterocycles. The highest BCUT2D eigenvalue weighted by atomic mass is 79.9. The fraction of sp³-hybridized carbons (Fsp3) is 0.0435. The molecule has 1 aliphatic rings. The van der Waals surface area contributed by atoms with E-state index in [4.69, 9.17) is 17.0 Å². The van der Waals surface area contributed by atoms with Crippen LogP contribution in [0.4, 0.5) is 10.1 Å². The molecular formula is C23H13Br3FNO2S2. The zero-order valence-corrected chi connectivity index (χ0v) is 22.5. The van der Waals surface area contributed by atoms with Crippen molar-refractivity contribution in [3.05, 3.63) is 95.9 Å². The van der Waals surface area contributed by atoms with Gasteiger partial charge in [-0.05, 0) is 86.0 Å². The number of rotatable bonds is 5. The third-order valence-corrected chi connectivity index (χ3v) is 7.54. The van der Waals surface area contributed by atoms with Crippen LogP contribution in [-0.2, 0) is 11.4 Å². The zero-order chi connectivity index (χ0) is 22.8. The molecule has 0 unspecified atom stereocenters. The number of nitrogens with zero attached hydrogens (tertiary/aromatic N) is 1. The van der Waals surface area contributed by atoms with E-state index in [9.17, 15) is 9.18 Å². The van der Waals surface area contributed by atoms with Gasteiger partial charge in [0.25, 0.3) is 5.91 Å². The molecule has 0 bridgehead atoms. The number of carbonyl (C=O) groups is 1. The van der Waals surface area contributed by atoms with E-state index < -0.39 is 0 Å². The molecule has 1 heterocycles. The molecule has 1 saturated heterocycles. The van der Waals surface area contributed by atoms with E-state index in [1.165, 1.54) is 22.7 Å². The number of hydrogen-bond acceptors (Lipinski definition) is 4.